The summed E-state index contributed by atoms with van der Waals surface area (Å²) >= 11 is 0. The fourth-order valence-electron chi connectivity index (χ4n) is 3.11. The molecule has 0 radical (unpaired) electrons. The van der Waals surface area contributed by atoms with Gasteiger partial charge in [0.05, 0.1) is 11.3 Å². The second-order valence-corrected chi connectivity index (χ2v) is 8.56. The molecule has 1 heterocycles. The molecule has 0 fully saturated rings. The molecule has 2 aromatic rings. The van der Waals surface area contributed by atoms with Crippen LogP contribution in [0.25, 0.3) is 0 Å². The van der Waals surface area contributed by atoms with Crippen molar-refractivity contribution in [3.8, 4) is 5.75 Å². The lowest BCUT2D eigenvalue weighted by Crippen LogP contribution is -2.36. The summed E-state index contributed by atoms with van der Waals surface area (Å²) in [5.41, 5.74) is 6.05. The molecule has 2 aromatic carbocycles. The van der Waals surface area contributed by atoms with Gasteiger partial charge in [0.2, 0.25) is 0 Å². The Morgan fingerprint density at radius 1 is 1.09 bits per heavy atom. The molecule has 0 aliphatic carbocycles. The highest BCUT2D eigenvalue weighted by Crippen LogP contribution is 2.33. The Morgan fingerprint density at radius 2 is 1.75 bits per heavy atom. The summed E-state index contributed by atoms with van der Waals surface area (Å²) in [5, 5.41) is 3.04. The smallest absolute Gasteiger partial charge is 0.416 e. The van der Waals surface area contributed by atoms with Crippen LogP contribution in [0.2, 0.25) is 0 Å². The van der Waals surface area contributed by atoms with E-state index in [-0.39, 0.29) is 13.1 Å². The SMILES string of the molecule is CC1=C(N)Nc2cc(CN(Cc3cccc(C(F)(F)F)c3)C(=O)OC(C)(C)C)ccc2O1. The average molecular weight is 449 g/mol. The fraction of sp³-hybridized carbons (Fsp3) is 0.348. The maximum absolute atomic E-state index is 13.1. The third-order valence-electron chi connectivity index (χ3n) is 4.61. The quantitative estimate of drug-likeness (QED) is 0.636. The first-order valence-electron chi connectivity index (χ1n) is 10.00. The monoisotopic (exact) mass is 449 g/mol. The van der Waals surface area contributed by atoms with Crippen molar-refractivity contribution in [3.05, 3.63) is 70.7 Å². The van der Waals surface area contributed by atoms with E-state index < -0.39 is 23.4 Å². The van der Waals surface area contributed by atoms with Crippen LogP contribution in [0.3, 0.4) is 0 Å². The maximum Gasteiger partial charge on any atom is 0.416 e. The maximum atomic E-state index is 13.1. The summed E-state index contributed by atoms with van der Waals surface area (Å²) in [6.07, 6.45) is -5.10. The normalized spacial score (nSPS) is 13.7. The van der Waals surface area contributed by atoms with Crippen molar-refractivity contribution in [2.24, 2.45) is 5.73 Å². The zero-order valence-corrected chi connectivity index (χ0v) is 18.3. The number of benzene rings is 2. The van der Waals surface area contributed by atoms with Crippen molar-refractivity contribution < 1.29 is 27.4 Å². The van der Waals surface area contributed by atoms with Crippen LogP contribution >= 0.6 is 0 Å². The number of rotatable bonds is 4. The summed E-state index contributed by atoms with van der Waals surface area (Å²) in [6.45, 7) is 6.98. The number of carbonyl (C=O) groups excluding carboxylic acids is 1. The number of carbonyl (C=O) groups is 1. The molecule has 0 saturated heterocycles. The highest BCUT2D eigenvalue weighted by molar-refractivity contribution is 5.69. The minimum atomic E-state index is -4.47. The molecule has 0 atom stereocenters. The van der Waals surface area contributed by atoms with Gasteiger partial charge in [0.25, 0.3) is 0 Å². The number of nitrogens with two attached hydrogens (primary N) is 1. The summed E-state index contributed by atoms with van der Waals surface area (Å²) in [7, 11) is 0. The highest BCUT2D eigenvalue weighted by Gasteiger charge is 2.31. The summed E-state index contributed by atoms with van der Waals surface area (Å²) < 4.78 is 50.5. The number of ether oxygens (including phenoxy) is 2. The topological polar surface area (TPSA) is 76.8 Å². The van der Waals surface area contributed by atoms with E-state index in [0.717, 1.165) is 17.7 Å². The predicted molar refractivity (Wildman–Crippen MR) is 115 cm³/mol. The van der Waals surface area contributed by atoms with Crippen LogP contribution in [-0.4, -0.2) is 16.6 Å². The second kappa shape index (κ2) is 8.64. The lowest BCUT2D eigenvalue weighted by atomic mass is 10.1. The Balaban J connectivity index is 1.86. The van der Waals surface area contributed by atoms with Crippen LogP contribution in [0, 0.1) is 0 Å². The van der Waals surface area contributed by atoms with Gasteiger partial charge < -0.3 is 20.5 Å². The van der Waals surface area contributed by atoms with Crippen molar-refractivity contribution >= 4 is 11.8 Å². The zero-order valence-electron chi connectivity index (χ0n) is 18.3. The molecule has 1 aliphatic rings. The highest BCUT2D eigenvalue weighted by atomic mass is 19.4. The molecule has 0 saturated carbocycles. The fourth-order valence-corrected chi connectivity index (χ4v) is 3.11. The van der Waals surface area contributed by atoms with E-state index in [0.29, 0.717) is 28.6 Å². The summed E-state index contributed by atoms with van der Waals surface area (Å²) in [5.74, 6) is 1.51. The van der Waals surface area contributed by atoms with Crippen molar-refractivity contribution in [1.29, 1.82) is 0 Å². The number of nitrogens with zero attached hydrogens (tertiary/aromatic N) is 1. The van der Waals surface area contributed by atoms with Crippen molar-refractivity contribution in [2.75, 3.05) is 5.32 Å². The standard InChI is InChI=1S/C23H26F3N3O3/c1-14-20(27)28-18-11-16(8-9-19(18)31-14)13-29(21(30)32-22(2,3)4)12-15-6-5-7-17(10-15)23(24,25)26/h5-11,28H,12-13,27H2,1-4H3. The molecule has 3 rings (SSSR count). The molecular formula is C23H26F3N3O3. The Morgan fingerprint density at radius 3 is 2.38 bits per heavy atom. The lowest BCUT2D eigenvalue weighted by Gasteiger charge is -2.28. The van der Waals surface area contributed by atoms with Crippen LogP contribution in [0.15, 0.2) is 54.0 Å². The van der Waals surface area contributed by atoms with E-state index in [1.54, 1.807) is 52.0 Å². The third-order valence-corrected chi connectivity index (χ3v) is 4.61. The average Bonchev–Trinajstić information content (AvgIpc) is 2.67. The number of alkyl halides is 3. The number of fused-ring (bicyclic) bond motifs is 1. The molecule has 0 aromatic heterocycles. The molecule has 0 spiro atoms. The Hall–Kier alpha value is -3.36. The molecule has 1 amide bonds. The number of allylic oxidation sites excluding steroid dienone is 1. The van der Waals surface area contributed by atoms with Crippen LogP contribution in [0.1, 0.15) is 44.4 Å². The van der Waals surface area contributed by atoms with Gasteiger partial charge in [-0.15, -0.1) is 0 Å². The first-order valence-corrected chi connectivity index (χ1v) is 10.00. The third kappa shape index (κ3) is 5.87. The number of hydrogen-bond acceptors (Lipinski definition) is 5. The predicted octanol–water partition coefficient (Wildman–Crippen LogP) is 5.59. The van der Waals surface area contributed by atoms with Crippen molar-refractivity contribution in [2.45, 2.75) is 52.6 Å². The molecule has 3 N–H and O–H groups in total. The van der Waals surface area contributed by atoms with Gasteiger partial charge in [-0.05, 0) is 63.1 Å². The number of anilines is 1. The van der Waals surface area contributed by atoms with Gasteiger partial charge in [0, 0.05) is 13.1 Å². The summed E-state index contributed by atoms with van der Waals surface area (Å²) in [6, 6.07) is 10.2. The van der Waals surface area contributed by atoms with Gasteiger partial charge in [-0.3, -0.25) is 4.90 Å². The molecule has 0 unspecified atom stereocenters. The lowest BCUT2D eigenvalue weighted by molar-refractivity contribution is -0.137. The number of nitrogens with one attached hydrogen (secondary N) is 1. The Bertz CT molecular complexity index is 1040. The number of hydrogen-bond donors (Lipinski definition) is 2. The van der Waals surface area contributed by atoms with Crippen molar-refractivity contribution in [3.63, 3.8) is 0 Å². The van der Waals surface area contributed by atoms with Gasteiger partial charge in [-0.1, -0.05) is 18.2 Å². The van der Waals surface area contributed by atoms with Crippen LogP contribution in [-0.2, 0) is 24.0 Å². The molecule has 32 heavy (non-hydrogen) atoms. The first kappa shape index (κ1) is 23.3. The van der Waals surface area contributed by atoms with E-state index >= 15 is 0 Å². The van der Waals surface area contributed by atoms with E-state index in [4.69, 9.17) is 15.2 Å². The number of amides is 1. The molecule has 172 valence electrons. The molecule has 0 bridgehead atoms. The largest absolute Gasteiger partial charge is 0.456 e. The van der Waals surface area contributed by atoms with Crippen LogP contribution in [0.4, 0.5) is 23.7 Å². The van der Waals surface area contributed by atoms with E-state index in [2.05, 4.69) is 5.32 Å². The Labute approximate surface area is 184 Å². The number of halogens is 3. The molecule has 6 nitrogen and oxygen atoms in total. The minimum absolute atomic E-state index is 0.0546. The van der Waals surface area contributed by atoms with Crippen LogP contribution < -0.4 is 15.8 Å². The second-order valence-electron chi connectivity index (χ2n) is 8.56. The van der Waals surface area contributed by atoms with Crippen molar-refractivity contribution in [1.82, 2.24) is 4.90 Å². The van der Waals surface area contributed by atoms with Gasteiger partial charge >= 0.3 is 12.3 Å². The van der Waals surface area contributed by atoms with Gasteiger partial charge in [-0.25, -0.2) is 4.79 Å². The molecule has 9 heteroatoms. The minimum Gasteiger partial charge on any atom is -0.456 e. The van der Waals surface area contributed by atoms with E-state index in [9.17, 15) is 18.0 Å². The molecule has 1 aliphatic heterocycles. The van der Waals surface area contributed by atoms with Gasteiger partial charge in [0.1, 0.15) is 17.2 Å². The zero-order chi connectivity index (χ0) is 23.7. The van der Waals surface area contributed by atoms with Gasteiger partial charge in [0.15, 0.2) is 5.75 Å². The summed E-state index contributed by atoms with van der Waals surface area (Å²) in [4.78, 5) is 14.2. The van der Waals surface area contributed by atoms with E-state index in [1.165, 1.54) is 11.0 Å². The first-order chi connectivity index (χ1) is 14.8. The Kier molecular flexibility index (Phi) is 6.29. The van der Waals surface area contributed by atoms with E-state index in [1.807, 2.05) is 0 Å². The molecular weight excluding hydrogens is 423 g/mol. The van der Waals surface area contributed by atoms with Gasteiger partial charge in [-0.2, -0.15) is 13.2 Å². The van der Waals surface area contributed by atoms with Crippen LogP contribution in [0.5, 0.6) is 5.75 Å².